The molecule has 10 heavy (non-hydrogen) atoms. The molecule has 2 atom stereocenters. The maximum atomic E-state index is 10.5. The molecule has 0 radical (unpaired) electrons. The molecule has 52 valence electrons. The van der Waals surface area contributed by atoms with Crippen molar-refractivity contribution in [2.24, 2.45) is 11.8 Å². The van der Waals surface area contributed by atoms with Crippen molar-refractivity contribution >= 4 is 28.9 Å². The van der Waals surface area contributed by atoms with Gasteiger partial charge >= 0.3 is 0 Å². The second-order valence-corrected chi connectivity index (χ2v) is 3.92. The Balaban J connectivity index is 2.41. The second-order valence-electron chi connectivity index (χ2n) is 2.75. The van der Waals surface area contributed by atoms with Gasteiger partial charge < -0.3 is 0 Å². The van der Waals surface area contributed by atoms with Crippen LogP contribution in [-0.2, 0) is 4.79 Å². The van der Waals surface area contributed by atoms with Gasteiger partial charge in [-0.05, 0) is 29.0 Å². The zero-order chi connectivity index (χ0) is 7.14. The SMILES string of the molecule is O=CC1=C(I)[C@H]2C=C[C@@H]1C2. The first-order chi connectivity index (χ1) is 4.83. The highest BCUT2D eigenvalue weighted by atomic mass is 127. The summed E-state index contributed by atoms with van der Waals surface area (Å²) >= 11 is 2.28. The van der Waals surface area contributed by atoms with Gasteiger partial charge in [-0.2, -0.15) is 0 Å². The minimum absolute atomic E-state index is 0.453. The van der Waals surface area contributed by atoms with E-state index in [1.165, 1.54) is 3.58 Å². The van der Waals surface area contributed by atoms with E-state index in [0.29, 0.717) is 11.8 Å². The highest BCUT2D eigenvalue weighted by Gasteiger charge is 2.33. The smallest absolute Gasteiger partial charge is 0.147 e. The molecule has 0 heterocycles. The summed E-state index contributed by atoms with van der Waals surface area (Å²) in [7, 11) is 0. The lowest BCUT2D eigenvalue weighted by Gasteiger charge is -2.03. The Morgan fingerprint density at radius 2 is 2.20 bits per heavy atom. The number of fused-ring (bicyclic) bond motifs is 2. The van der Waals surface area contributed by atoms with Crippen molar-refractivity contribution in [3.05, 3.63) is 21.3 Å². The fourth-order valence-corrected chi connectivity index (χ4v) is 2.64. The molecular weight excluding hydrogens is 239 g/mol. The van der Waals surface area contributed by atoms with E-state index in [1.807, 2.05) is 0 Å². The molecule has 0 aromatic heterocycles. The van der Waals surface area contributed by atoms with Crippen LogP contribution in [0.4, 0.5) is 0 Å². The molecule has 0 aliphatic heterocycles. The molecule has 0 saturated carbocycles. The Kier molecular flexibility index (Phi) is 1.44. The van der Waals surface area contributed by atoms with Gasteiger partial charge in [0.2, 0.25) is 0 Å². The Labute approximate surface area is 73.3 Å². The number of hydrogen-bond acceptors (Lipinski definition) is 1. The number of carbonyl (C=O) groups excluding carboxylic acids is 1. The first-order valence-corrected chi connectivity index (χ1v) is 4.44. The van der Waals surface area contributed by atoms with E-state index in [-0.39, 0.29) is 0 Å². The van der Waals surface area contributed by atoms with Gasteiger partial charge in [0.15, 0.2) is 0 Å². The number of hydrogen-bond donors (Lipinski definition) is 0. The summed E-state index contributed by atoms with van der Waals surface area (Å²) in [5.41, 5.74) is 1.02. The van der Waals surface area contributed by atoms with Gasteiger partial charge in [-0.3, -0.25) is 4.79 Å². The Bertz CT molecular complexity index is 240. The summed E-state index contributed by atoms with van der Waals surface area (Å²) in [5, 5.41) is 0. The molecule has 2 bridgehead atoms. The predicted molar refractivity (Wildman–Crippen MR) is 47.8 cm³/mol. The van der Waals surface area contributed by atoms with E-state index in [0.717, 1.165) is 18.3 Å². The fraction of sp³-hybridized carbons (Fsp3) is 0.375. The molecule has 0 fully saturated rings. The maximum Gasteiger partial charge on any atom is 0.147 e. The number of carbonyl (C=O) groups is 1. The van der Waals surface area contributed by atoms with Crippen molar-refractivity contribution in [2.45, 2.75) is 6.42 Å². The first-order valence-electron chi connectivity index (χ1n) is 3.36. The van der Waals surface area contributed by atoms with Crippen molar-refractivity contribution in [3.63, 3.8) is 0 Å². The van der Waals surface area contributed by atoms with Gasteiger partial charge in [0, 0.05) is 21.0 Å². The van der Waals surface area contributed by atoms with Gasteiger partial charge in [-0.1, -0.05) is 12.2 Å². The Morgan fingerprint density at radius 1 is 1.50 bits per heavy atom. The molecular formula is C8H7IO. The summed E-state index contributed by atoms with van der Waals surface area (Å²) in [6, 6.07) is 0. The van der Waals surface area contributed by atoms with Crippen LogP contribution >= 0.6 is 22.6 Å². The van der Waals surface area contributed by atoms with Gasteiger partial charge in [0.1, 0.15) is 6.29 Å². The number of rotatable bonds is 1. The summed E-state index contributed by atoms with van der Waals surface area (Å²) < 4.78 is 1.26. The van der Waals surface area contributed by atoms with Crippen molar-refractivity contribution in [3.8, 4) is 0 Å². The summed E-state index contributed by atoms with van der Waals surface area (Å²) in [6.45, 7) is 0. The van der Waals surface area contributed by atoms with Crippen molar-refractivity contribution < 1.29 is 4.79 Å². The fourth-order valence-electron chi connectivity index (χ4n) is 1.65. The number of allylic oxidation sites excluding steroid dienone is 4. The van der Waals surface area contributed by atoms with Gasteiger partial charge in [0.25, 0.3) is 0 Å². The highest BCUT2D eigenvalue weighted by molar-refractivity contribution is 14.1. The van der Waals surface area contributed by atoms with Crippen LogP contribution in [0, 0.1) is 11.8 Å². The van der Waals surface area contributed by atoms with Crippen LogP contribution in [0.2, 0.25) is 0 Å². The van der Waals surface area contributed by atoms with Crippen molar-refractivity contribution in [1.29, 1.82) is 0 Å². The molecule has 0 spiro atoms. The van der Waals surface area contributed by atoms with Crippen LogP contribution < -0.4 is 0 Å². The van der Waals surface area contributed by atoms with Crippen LogP contribution in [0.3, 0.4) is 0 Å². The van der Waals surface area contributed by atoms with Gasteiger partial charge in [-0.25, -0.2) is 0 Å². The zero-order valence-corrected chi connectivity index (χ0v) is 7.54. The van der Waals surface area contributed by atoms with E-state index < -0.39 is 0 Å². The van der Waals surface area contributed by atoms with E-state index in [1.54, 1.807) is 0 Å². The Hall–Kier alpha value is -0.120. The van der Waals surface area contributed by atoms with E-state index >= 15 is 0 Å². The molecule has 0 amide bonds. The van der Waals surface area contributed by atoms with Crippen LogP contribution in [0.1, 0.15) is 6.42 Å². The van der Waals surface area contributed by atoms with Crippen LogP contribution in [0.25, 0.3) is 0 Å². The maximum absolute atomic E-state index is 10.5. The van der Waals surface area contributed by atoms with Crippen molar-refractivity contribution in [1.82, 2.24) is 0 Å². The molecule has 0 aromatic carbocycles. The molecule has 2 aliphatic rings. The lowest BCUT2D eigenvalue weighted by atomic mass is 10.1. The normalized spacial score (nSPS) is 35.7. The molecule has 0 aromatic rings. The molecule has 2 rings (SSSR count). The summed E-state index contributed by atoms with van der Waals surface area (Å²) in [5.74, 6) is 1.03. The molecule has 0 saturated heterocycles. The third kappa shape index (κ3) is 0.713. The summed E-state index contributed by atoms with van der Waals surface area (Å²) in [4.78, 5) is 10.5. The average Bonchev–Trinajstić information content (AvgIpc) is 2.46. The van der Waals surface area contributed by atoms with Crippen LogP contribution in [-0.4, -0.2) is 6.29 Å². The molecule has 2 aliphatic carbocycles. The zero-order valence-electron chi connectivity index (χ0n) is 5.38. The highest BCUT2D eigenvalue weighted by Crippen LogP contribution is 2.45. The molecule has 2 heteroatoms. The van der Waals surface area contributed by atoms with Gasteiger partial charge in [0.05, 0.1) is 0 Å². The third-order valence-electron chi connectivity index (χ3n) is 2.21. The van der Waals surface area contributed by atoms with Crippen LogP contribution in [0.5, 0.6) is 0 Å². The minimum atomic E-state index is 0.453. The lowest BCUT2D eigenvalue weighted by Crippen LogP contribution is -1.95. The minimum Gasteiger partial charge on any atom is -0.298 e. The second kappa shape index (κ2) is 2.19. The third-order valence-corrected chi connectivity index (χ3v) is 3.63. The van der Waals surface area contributed by atoms with E-state index in [2.05, 4.69) is 34.7 Å². The lowest BCUT2D eigenvalue weighted by molar-refractivity contribution is -0.105. The quantitative estimate of drug-likeness (QED) is 0.393. The molecule has 0 N–H and O–H groups in total. The topological polar surface area (TPSA) is 17.1 Å². The number of halogens is 1. The largest absolute Gasteiger partial charge is 0.298 e. The molecule has 1 nitrogen and oxygen atoms in total. The monoisotopic (exact) mass is 246 g/mol. The Morgan fingerprint density at radius 3 is 2.60 bits per heavy atom. The average molecular weight is 246 g/mol. The first kappa shape index (κ1) is 6.58. The van der Waals surface area contributed by atoms with E-state index in [9.17, 15) is 4.79 Å². The molecule has 0 unspecified atom stereocenters. The predicted octanol–water partition coefficient (Wildman–Crippen LogP) is 2.08. The summed E-state index contributed by atoms with van der Waals surface area (Å²) in [6.07, 6.45) is 6.51. The number of aldehydes is 1. The van der Waals surface area contributed by atoms with Crippen LogP contribution in [0.15, 0.2) is 21.3 Å². The van der Waals surface area contributed by atoms with Crippen molar-refractivity contribution in [2.75, 3.05) is 0 Å². The van der Waals surface area contributed by atoms with Gasteiger partial charge in [-0.15, -0.1) is 0 Å². The van der Waals surface area contributed by atoms with E-state index in [4.69, 9.17) is 0 Å². The standard InChI is InChI=1S/C8H7IO/c9-8-6-2-1-5(3-6)7(8)4-10/h1-2,4-6H,3H2/t5-,6+/m1/s1.